The fraction of sp³-hybridized carbons (Fsp3) is 0.478. The summed E-state index contributed by atoms with van der Waals surface area (Å²) >= 11 is 6.24. The van der Waals surface area contributed by atoms with E-state index in [1.165, 1.54) is 0 Å². The first-order valence-electron chi connectivity index (χ1n) is 20.9. The average Bonchev–Trinajstić information content (AvgIpc) is 3.48. The number of fused-ring (bicyclic) bond motifs is 1. The third-order valence-electron chi connectivity index (χ3n) is 12.6. The number of hydrogen-bond donors (Lipinski definition) is 2. The number of unbranched alkanes of at least 4 members (excludes halogenated alkanes) is 2. The number of carbonyl (C=O) groups excluding carboxylic acids is 5. The van der Waals surface area contributed by atoms with Crippen molar-refractivity contribution in [1.29, 1.82) is 5.26 Å². The molecule has 3 fully saturated rings. The quantitative estimate of drug-likeness (QED) is 0.142. The number of piperidine rings is 1. The van der Waals surface area contributed by atoms with Crippen LogP contribution in [0.25, 0.3) is 0 Å². The largest absolute Gasteiger partial charge is 0.489 e. The van der Waals surface area contributed by atoms with Crippen molar-refractivity contribution in [3.63, 3.8) is 0 Å². The molecule has 0 aromatic heterocycles. The van der Waals surface area contributed by atoms with E-state index in [0.717, 1.165) is 68.1 Å². The highest BCUT2D eigenvalue weighted by molar-refractivity contribution is 6.31. The van der Waals surface area contributed by atoms with Gasteiger partial charge in [0.15, 0.2) is 0 Å². The number of hydrogen-bond acceptors (Lipinski definition) is 10. The van der Waals surface area contributed by atoms with Crippen molar-refractivity contribution in [1.82, 2.24) is 20.4 Å². The van der Waals surface area contributed by atoms with Crippen LogP contribution in [0.15, 0.2) is 60.7 Å². The molecule has 3 aromatic carbocycles. The second-order valence-electron chi connectivity index (χ2n) is 17.4. The van der Waals surface area contributed by atoms with Crippen LogP contribution in [0, 0.1) is 22.2 Å². The molecule has 14 heteroatoms. The van der Waals surface area contributed by atoms with E-state index in [1.807, 2.05) is 30.3 Å². The van der Waals surface area contributed by atoms with Crippen LogP contribution in [0.1, 0.15) is 102 Å². The van der Waals surface area contributed by atoms with Crippen LogP contribution in [-0.4, -0.2) is 103 Å². The Morgan fingerprint density at radius 3 is 2.33 bits per heavy atom. The molecule has 1 atom stereocenters. The fourth-order valence-corrected chi connectivity index (χ4v) is 9.86. The molecule has 0 bridgehead atoms. The zero-order chi connectivity index (χ0) is 42.8. The Balaban J connectivity index is 0.785. The Bertz CT molecular complexity index is 2180. The van der Waals surface area contributed by atoms with Gasteiger partial charge in [-0.3, -0.25) is 39.1 Å². The minimum atomic E-state index is -0.968. The van der Waals surface area contributed by atoms with E-state index in [1.54, 1.807) is 30.3 Å². The van der Waals surface area contributed by atoms with Gasteiger partial charge in [0.1, 0.15) is 24.0 Å². The van der Waals surface area contributed by atoms with Gasteiger partial charge in [0.25, 0.3) is 17.7 Å². The van der Waals surface area contributed by atoms with Gasteiger partial charge in [-0.25, -0.2) is 0 Å². The van der Waals surface area contributed by atoms with Crippen molar-refractivity contribution in [2.45, 2.75) is 84.4 Å². The molecule has 5 amide bonds. The van der Waals surface area contributed by atoms with Crippen LogP contribution >= 0.6 is 11.6 Å². The number of halogens is 1. The molecule has 3 heterocycles. The van der Waals surface area contributed by atoms with E-state index in [2.05, 4.69) is 54.2 Å². The van der Waals surface area contributed by atoms with E-state index in [9.17, 15) is 29.2 Å². The highest BCUT2D eigenvalue weighted by Gasteiger charge is 2.64. The minimum Gasteiger partial charge on any atom is -0.489 e. The second kappa shape index (κ2) is 17.7. The Morgan fingerprint density at radius 1 is 0.917 bits per heavy atom. The summed E-state index contributed by atoms with van der Waals surface area (Å²) in [4.78, 5) is 69.7. The van der Waals surface area contributed by atoms with Crippen molar-refractivity contribution >= 4 is 46.8 Å². The highest BCUT2D eigenvalue weighted by atomic mass is 35.5. The summed E-state index contributed by atoms with van der Waals surface area (Å²) in [7, 11) is 0. The summed E-state index contributed by atoms with van der Waals surface area (Å²) in [5.74, 6) is -1.47. The van der Waals surface area contributed by atoms with Gasteiger partial charge < -0.3 is 19.7 Å². The number of ether oxygens (including phenoxy) is 2. The van der Waals surface area contributed by atoms with Crippen molar-refractivity contribution < 1.29 is 33.4 Å². The Labute approximate surface area is 356 Å². The van der Waals surface area contributed by atoms with Crippen molar-refractivity contribution in [2.24, 2.45) is 10.8 Å². The first-order valence-corrected chi connectivity index (χ1v) is 21.2. The van der Waals surface area contributed by atoms with E-state index in [-0.39, 0.29) is 41.7 Å². The lowest BCUT2D eigenvalue weighted by molar-refractivity contribution is -0.164. The molecule has 0 spiro atoms. The number of amides is 5. The van der Waals surface area contributed by atoms with Crippen LogP contribution in [0.3, 0.4) is 0 Å². The lowest BCUT2D eigenvalue weighted by Gasteiger charge is -2.63. The molecule has 0 unspecified atom stereocenters. The maximum atomic E-state index is 13.4. The Morgan fingerprint density at radius 2 is 1.65 bits per heavy atom. The second-order valence-corrected chi connectivity index (χ2v) is 17.8. The number of benzene rings is 3. The minimum absolute atomic E-state index is 0.0919. The molecule has 60 heavy (non-hydrogen) atoms. The molecule has 3 aliphatic heterocycles. The molecule has 7 rings (SSSR count). The number of imide groups is 2. The topological polar surface area (TPSA) is 161 Å². The normalized spacial score (nSPS) is 22.2. The van der Waals surface area contributed by atoms with Gasteiger partial charge in [-0.15, -0.1) is 0 Å². The van der Waals surface area contributed by atoms with Gasteiger partial charge in [0.2, 0.25) is 11.8 Å². The van der Waals surface area contributed by atoms with E-state index in [4.69, 9.17) is 21.1 Å². The van der Waals surface area contributed by atoms with Crippen molar-refractivity contribution in [3.8, 4) is 11.8 Å². The monoisotopic (exact) mass is 836 g/mol. The van der Waals surface area contributed by atoms with Crippen LogP contribution < -0.4 is 20.3 Å². The van der Waals surface area contributed by atoms with Crippen LogP contribution in [-0.2, 0) is 20.7 Å². The van der Waals surface area contributed by atoms with Gasteiger partial charge >= 0.3 is 0 Å². The lowest BCUT2D eigenvalue weighted by atomic mass is 9.49. The summed E-state index contributed by atoms with van der Waals surface area (Å²) in [6, 6.07) is 19.1. The Hall–Kier alpha value is -5.29. The van der Waals surface area contributed by atoms with E-state index in [0.29, 0.717) is 52.7 Å². The van der Waals surface area contributed by atoms with Gasteiger partial charge in [0, 0.05) is 79.9 Å². The number of nitrogens with zero attached hydrogens (tertiary/aromatic N) is 4. The van der Waals surface area contributed by atoms with Crippen LogP contribution in [0.2, 0.25) is 5.02 Å². The van der Waals surface area contributed by atoms with E-state index < -0.39 is 29.7 Å². The summed E-state index contributed by atoms with van der Waals surface area (Å²) in [6.07, 6.45) is 3.31. The smallest absolute Gasteiger partial charge is 0.262 e. The zero-order valence-corrected chi connectivity index (χ0v) is 35.5. The molecule has 3 aromatic rings. The number of aryl methyl sites for hydroxylation is 1. The molecule has 2 N–H and O–H groups in total. The molecule has 0 radical (unpaired) electrons. The fourth-order valence-electron chi connectivity index (χ4n) is 9.65. The third-order valence-corrected chi connectivity index (χ3v) is 13.0. The lowest BCUT2D eigenvalue weighted by Crippen LogP contribution is -2.74. The number of nitriles is 1. The number of nitrogens with one attached hydrogen (secondary N) is 2. The van der Waals surface area contributed by atoms with Crippen LogP contribution in [0.4, 0.5) is 5.69 Å². The van der Waals surface area contributed by atoms with Crippen LogP contribution in [0.5, 0.6) is 5.75 Å². The number of piperazine rings is 1. The predicted molar refractivity (Wildman–Crippen MR) is 226 cm³/mol. The molecule has 316 valence electrons. The highest BCUT2D eigenvalue weighted by Crippen LogP contribution is 2.55. The number of rotatable bonds is 15. The molecule has 13 nitrogen and oxygen atoms in total. The summed E-state index contributed by atoms with van der Waals surface area (Å²) < 4.78 is 12.3. The number of anilines is 1. The predicted octanol–water partition coefficient (Wildman–Crippen LogP) is 5.78. The van der Waals surface area contributed by atoms with Crippen molar-refractivity contribution in [2.75, 3.05) is 50.8 Å². The molecular weight excluding hydrogens is 784 g/mol. The third kappa shape index (κ3) is 8.64. The van der Waals surface area contributed by atoms with Gasteiger partial charge in [0.05, 0.1) is 28.3 Å². The molecule has 1 saturated carbocycles. The summed E-state index contributed by atoms with van der Waals surface area (Å²) in [5, 5.41) is 15.1. The van der Waals surface area contributed by atoms with Crippen molar-refractivity contribution in [3.05, 3.63) is 93.5 Å². The summed E-state index contributed by atoms with van der Waals surface area (Å²) in [6.45, 7) is 14.1. The van der Waals surface area contributed by atoms with Gasteiger partial charge in [-0.2, -0.15) is 5.26 Å². The molecular formula is C46H53ClN6O7. The SMILES string of the molecule is CC1(C)C(NC(=O)c2ccc(N3CCN(CCOCCCCCc4cccc5c4C(=O)N([C@H]4CCC(=O)NC4=O)C5=O)CC3)cc2)C(C)(C)C1Oc1ccc(C#N)c(Cl)c1. The van der Waals surface area contributed by atoms with E-state index >= 15 is 0 Å². The maximum absolute atomic E-state index is 13.4. The summed E-state index contributed by atoms with van der Waals surface area (Å²) in [5.41, 5.74) is 2.88. The number of carbonyl (C=O) groups is 5. The molecule has 2 saturated heterocycles. The molecule has 4 aliphatic rings. The Kier molecular flexibility index (Phi) is 12.7. The van der Waals surface area contributed by atoms with Gasteiger partial charge in [-0.1, -0.05) is 57.8 Å². The standard InChI is InChI=1S/C46H53ClN6O7/c1-45(2)43(46(3,4)44(45)60-33-17-14-31(28-48)35(47)27-33)50-39(55)30-12-15-32(16-13-30)52-22-20-51(21-23-52)24-26-59-25-7-5-6-9-29-10-8-11-34-38(29)42(58)53(41(34)57)36-18-19-37(54)49-40(36)56/h8,10-17,27,36,43-44H,5-7,9,18-26H2,1-4H3,(H,50,55)(H,49,54,56)/t36-,43?,44?/m0/s1. The molecule has 1 aliphatic carbocycles. The maximum Gasteiger partial charge on any atom is 0.262 e. The average molecular weight is 837 g/mol. The first kappa shape index (κ1) is 42.8. The zero-order valence-electron chi connectivity index (χ0n) is 34.7. The first-order chi connectivity index (χ1) is 28.7. The van der Waals surface area contributed by atoms with Gasteiger partial charge in [-0.05, 0) is 73.7 Å².